The summed E-state index contributed by atoms with van der Waals surface area (Å²) in [4.78, 5) is 31.6. The maximum absolute atomic E-state index is 12.8. The molecule has 5 rings (SSSR count). The van der Waals surface area contributed by atoms with Gasteiger partial charge in [-0.1, -0.05) is 48.6 Å². The Hall–Kier alpha value is -3.21. The van der Waals surface area contributed by atoms with Gasteiger partial charge < -0.3 is 4.90 Å². The van der Waals surface area contributed by atoms with Crippen molar-refractivity contribution >= 4 is 22.9 Å². The minimum absolute atomic E-state index is 0.0238. The molecule has 28 heavy (non-hydrogen) atoms. The van der Waals surface area contributed by atoms with Crippen molar-refractivity contribution < 1.29 is 4.79 Å². The van der Waals surface area contributed by atoms with Crippen LogP contribution in [0, 0.1) is 0 Å². The molecule has 1 aromatic heterocycles. The lowest BCUT2D eigenvalue weighted by molar-refractivity contribution is -0.133. The van der Waals surface area contributed by atoms with Gasteiger partial charge in [0, 0.05) is 18.5 Å². The lowest BCUT2D eigenvalue weighted by Gasteiger charge is -2.39. The predicted octanol–water partition coefficient (Wildman–Crippen LogP) is 2.98. The fourth-order valence-electron chi connectivity index (χ4n) is 4.49. The third-order valence-corrected chi connectivity index (χ3v) is 6.12. The van der Waals surface area contributed by atoms with Crippen LogP contribution >= 0.6 is 0 Å². The van der Waals surface area contributed by atoms with Crippen molar-refractivity contribution in [2.45, 2.75) is 24.8 Å². The first-order valence-corrected chi connectivity index (χ1v) is 9.67. The Labute approximate surface area is 162 Å². The van der Waals surface area contributed by atoms with Crippen LogP contribution in [0.2, 0.25) is 0 Å². The molecule has 140 valence electrons. The average molecular weight is 371 g/mol. The Morgan fingerprint density at radius 3 is 2.64 bits per heavy atom. The van der Waals surface area contributed by atoms with Crippen LogP contribution in [0.25, 0.3) is 17.0 Å². The van der Waals surface area contributed by atoms with Gasteiger partial charge in [0.25, 0.3) is 5.56 Å². The lowest BCUT2D eigenvalue weighted by atomic mass is 9.74. The number of carbonyl (C=O) groups is 1. The van der Waals surface area contributed by atoms with Crippen LogP contribution in [0.5, 0.6) is 0 Å². The Morgan fingerprint density at radius 2 is 1.79 bits per heavy atom. The van der Waals surface area contributed by atoms with E-state index in [-0.39, 0.29) is 23.4 Å². The Bertz CT molecular complexity index is 1150. The van der Waals surface area contributed by atoms with E-state index in [4.69, 9.17) is 0 Å². The number of para-hydroxylation sites is 1. The van der Waals surface area contributed by atoms with Crippen LogP contribution in [0.4, 0.5) is 0 Å². The number of aromatic nitrogens is 2. The number of hydrogen-bond acceptors (Lipinski definition) is 3. The number of fused-ring (bicyclic) bond motifs is 3. The highest BCUT2D eigenvalue weighted by Gasteiger charge is 2.38. The first kappa shape index (κ1) is 16.9. The van der Waals surface area contributed by atoms with E-state index in [0.29, 0.717) is 24.0 Å². The zero-order valence-corrected chi connectivity index (χ0v) is 15.5. The summed E-state index contributed by atoms with van der Waals surface area (Å²) >= 11 is 0. The van der Waals surface area contributed by atoms with Crippen molar-refractivity contribution in [1.82, 2.24) is 14.5 Å². The molecule has 1 aliphatic carbocycles. The second-order valence-electron chi connectivity index (χ2n) is 7.65. The highest BCUT2D eigenvalue weighted by atomic mass is 16.2. The zero-order valence-electron chi connectivity index (χ0n) is 15.5. The van der Waals surface area contributed by atoms with E-state index in [1.54, 1.807) is 12.1 Å². The van der Waals surface area contributed by atoms with Gasteiger partial charge in [0.1, 0.15) is 6.54 Å². The van der Waals surface area contributed by atoms with Gasteiger partial charge in [-0.05, 0) is 36.1 Å². The molecule has 0 bridgehead atoms. The summed E-state index contributed by atoms with van der Waals surface area (Å²) in [5.74, 6) is -0.0238. The van der Waals surface area contributed by atoms with Gasteiger partial charge in [-0.25, -0.2) is 4.98 Å². The van der Waals surface area contributed by atoms with Gasteiger partial charge in [-0.3, -0.25) is 14.2 Å². The standard InChI is InChI=1S/C23H21N3O2/c27-21(15-26-16-24-20-8-4-2-6-18(20)22(26)28)25-13-11-23(12-14-25)10-9-17-5-1-3-7-19(17)23/h1-10,16H,11-15H2. The molecule has 2 aromatic carbocycles. The lowest BCUT2D eigenvalue weighted by Crippen LogP contribution is -2.45. The van der Waals surface area contributed by atoms with E-state index in [1.165, 1.54) is 22.0 Å². The molecule has 3 aromatic rings. The monoisotopic (exact) mass is 371 g/mol. The Balaban J connectivity index is 1.32. The summed E-state index contributed by atoms with van der Waals surface area (Å²) in [6.07, 6.45) is 7.81. The minimum Gasteiger partial charge on any atom is -0.341 e. The van der Waals surface area contributed by atoms with E-state index in [0.717, 1.165) is 12.8 Å². The summed E-state index contributed by atoms with van der Waals surface area (Å²) in [6.45, 7) is 1.44. The molecule has 0 saturated carbocycles. The van der Waals surface area contributed by atoms with Crippen LogP contribution < -0.4 is 5.56 Å². The predicted molar refractivity (Wildman–Crippen MR) is 109 cm³/mol. The molecule has 2 aliphatic rings. The topological polar surface area (TPSA) is 55.2 Å². The van der Waals surface area contributed by atoms with Crippen molar-refractivity contribution in [3.8, 4) is 0 Å². The molecule has 0 N–H and O–H groups in total. The van der Waals surface area contributed by atoms with E-state index in [1.807, 2.05) is 17.0 Å². The average Bonchev–Trinajstić information content (AvgIpc) is 3.09. The van der Waals surface area contributed by atoms with Crippen molar-refractivity contribution in [3.63, 3.8) is 0 Å². The van der Waals surface area contributed by atoms with Crippen molar-refractivity contribution in [2.24, 2.45) is 0 Å². The number of likely N-dealkylation sites (tertiary alicyclic amines) is 1. The summed E-state index contributed by atoms with van der Waals surface area (Å²) in [5, 5.41) is 0.545. The second kappa shape index (κ2) is 6.44. The number of hydrogen-bond donors (Lipinski definition) is 0. The molecule has 5 heteroatoms. The number of amides is 1. The molecule has 1 aliphatic heterocycles. The van der Waals surface area contributed by atoms with Crippen LogP contribution in [-0.4, -0.2) is 33.4 Å². The maximum Gasteiger partial charge on any atom is 0.261 e. The van der Waals surface area contributed by atoms with Crippen LogP contribution in [0.3, 0.4) is 0 Å². The van der Waals surface area contributed by atoms with Gasteiger partial charge in [-0.15, -0.1) is 0 Å². The smallest absolute Gasteiger partial charge is 0.261 e. The fraction of sp³-hybridized carbons (Fsp3) is 0.261. The third-order valence-electron chi connectivity index (χ3n) is 6.12. The van der Waals surface area contributed by atoms with Crippen molar-refractivity contribution in [2.75, 3.05) is 13.1 Å². The summed E-state index contributed by atoms with van der Waals surface area (Å²) < 4.78 is 1.42. The molecule has 1 fully saturated rings. The number of piperidine rings is 1. The molecule has 1 saturated heterocycles. The highest BCUT2D eigenvalue weighted by molar-refractivity contribution is 5.79. The molecule has 0 radical (unpaired) electrons. The van der Waals surface area contributed by atoms with Crippen molar-refractivity contribution in [1.29, 1.82) is 0 Å². The zero-order chi connectivity index (χ0) is 19.1. The number of rotatable bonds is 2. The number of allylic oxidation sites excluding steroid dienone is 1. The van der Waals surface area contributed by atoms with Gasteiger partial charge in [0.15, 0.2) is 0 Å². The van der Waals surface area contributed by atoms with E-state index in [9.17, 15) is 9.59 Å². The normalized spacial score (nSPS) is 17.2. The van der Waals surface area contributed by atoms with Gasteiger partial charge in [0.05, 0.1) is 17.2 Å². The molecule has 0 unspecified atom stereocenters. The van der Waals surface area contributed by atoms with E-state index >= 15 is 0 Å². The maximum atomic E-state index is 12.8. The van der Waals surface area contributed by atoms with Gasteiger partial charge in [0.2, 0.25) is 5.91 Å². The largest absolute Gasteiger partial charge is 0.341 e. The van der Waals surface area contributed by atoms with Gasteiger partial charge in [-0.2, -0.15) is 0 Å². The first-order chi connectivity index (χ1) is 13.7. The summed E-state index contributed by atoms with van der Waals surface area (Å²) in [6, 6.07) is 15.7. The van der Waals surface area contributed by atoms with Crippen LogP contribution in [0.15, 0.2) is 65.7 Å². The highest BCUT2D eigenvalue weighted by Crippen LogP contribution is 2.43. The number of benzene rings is 2. The SMILES string of the molecule is O=C(Cn1cnc2ccccc2c1=O)N1CCC2(C=Cc3ccccc32)CC1. The summed E-state index contributed by atoms with van der Waals surface area (Å²) in [5.41, 5.74) is 3.20. The molecule has 5 nitrogen and oxygen atoms in total. The first-order valence-electron chi connectivity index (χ1n) is 9.67. The Morgan fingerprint density at radius 1 is 1.04 bits per heavy atom. The van der Waals surface area contributed by atoms with Gasteiger partial charge >= 0.3 is 0 Å². The number of nitrogens with zero attached hydrogens (tertiary/aromatic N) is 3. The Kier molecular flexibility index (Phi) is 3.90. The molecular formula is C23H21N3O2. The molecule has 1 amide bonds. The van der Waals surface area contributed by atoms with E-state index in [2.05, 4.69) is 41.4 Å². The summed E-state index contributed by atoms with van der Waals surface area (Å²) in [7, 11) is 0. The molecule has 0 atom stereocenters. The van der Waals surface area contributed by atoms with Crippen LogP contribution in [-0.2, 0) is 16.8 Å². The fourth-order valence-corrected chi connectivity index (χ4v) is 4.49. The van der Waals surface area contributed by atoms with Crippen molar-refractivity contribution in [3.05, 3.63) is 82.4 Å². The quantitative estimate of drug-likeness (QED) is 0.696. The van der Waals surface area contributed by atoms with E-state index < -0.39 is 0 Å². The van der Waals surface area contributed by atoms with Crippen LogP contribution in [0.1, 0.15) is 24.0 Å². The molecule has 2 heterocycles. The number of carbonyl (C=O) groups excluding carboxylic acids is 1. The third kappa shape index (κ3) is 2.66. The molecular weight excluding hydrogens is 350 g/mol. The minimum atomic E-state index is -0.167. The second-order valence-corrected chi connectivity index (χ2v) is 7.65. The molecule has 1 spiro atoms.